The van der Waals surface area contributed by atoms with Crippen molar-refractivity contribution in [3.05, 3.63) is 36.0 Å². The number of carboxylic acid groups (broad SMARTS) is 1. The van der Waals surface area contributed by atoms with Gasteiger partial charge in [-0.3, -0.25) is 0 Å². The Balaban J connectivity index is 0.00000162. The van der Waals surface area contributed by atoms with Crippen LogP contribution in [0.5, 0.6) is 0 Å². The molecule has 0 radical (unpaired) electrons. The van der Waals surface area contributed by atoms with Gasteiger partial charge in [0.05, 0.1) is 5.56 Å². The zero-order chi connectivity index (χ0) is 12.4. The van der Waals surface area contributed by atoms with Crippen LogP contribution in [0.1, 0.15) is 11.8 Å². The number of fused-ring (bicyclic) bond motifs is 1. The Bertz CT molecular complexity index is 555. The molecule has 2 rings (SSSR count). The number of carbonyl (C=O) groups is 1. The van der Waals surface area contributed by atoms with Crippen molar-refractivity contribution in [2.24, 2.45) is 0 Å². The van der Waals surface area contributed by atoms with E-state index in [0.29, 0.717) is 5.56 Å². The van der Waals surface area contributed by atoms with Crippen LogP contribution in [0.3, 0.4) is 0 Å². The topological polar surface area (TPSA) is 45.5 Å². The molecular weight excluding hydrogens is 223 g/mol. The number of likely N-dealkylation sites (N-methyl/N-ethyl adjacent to an activating group) is 1. The van der Waals surface area contributed by atoms with Crippen LogP contribution < -0.4 is 18.9 Å². The quantitative estimate of drug-likeness (QED) is 0.699. The summed E-state index contributed by atoms with van der Waals surface area (Å²) in [7, 11) is 4.07. The van der Waals surface area contributed by atoms with E-state index in [-0.39, 0.29) is 20.3 Å². The van der Waals surface area contributed by atoms with E-state index in [4.69, 9.17) is 5.11 Å². The normalized spacial score (nSPS) is 10.6. The van der Waals surface area contributed by atoms with Gasteiger partial charge in [0.2, 0.25) is 0 Å². The van der Waals surface area contributed by atoms with Gasteiger partial charge in [-0.1, -0.05) is 0 Å². The summed E-state index contributed by atoms with van der Waals surface area (Å²) in [5, 5.41) is 9.89. The minimum absolute atomic E-state index is 0. The Labute approximate surface area is 120 Å². The van der Waals surface area contributed by atoms with E-state index < -0.39 is 5.97 Å². The van der Waals surface area contributed by atoms with E-state index in [1.807, 2.05) is 32.4 Å². The summed E-state index contributed by atoms with van der Waals surface area (Å²) >= 11 is 0. The summed E-state index contributed by atoms with van der Waals surface area (Å²) in [6.45, 7) is 1.87. The molecule has 5 heteroatoms. The molecule has 0 aliphatic rings. The van der Waals surface area contributed by atoms with Crippen LogP contribution in [0.4, 0.5) is 0 Å². The summed E-state index contributed by atoms with van der Waals surface area (Å²) in [5.41, 5.74) is 1.42. The molecule has 92 valence electrons. The molecule has 1 heterocycles. The average molecular weight is 240 g/mol. The molecule has 0 saturated heterocycles. The minimum Gasteiger partial charge on any atom is -1.00 e. The maximum atomic E-state index is 10.9. The molecule has 0 saturated carbocycles. The van der Waals surface area contributed by atoms with Crippen molar-refractivity contribution >= 4 is 16.9 Å². The first kappa shape index (κ1) is 14.8. The molecule has 4 nitrogen and oxygen atoms in total. The first-order valence-corrected chi connectivity index (χ1v) is 5.55. The van der Waals surface area contributed by atoms with Gasteiger partial charge >= 0.3 is 24.8 Å². The smallest absolute Gasteiger partial charge is 1.00 e. The summed E-state index contributed by atoms with van der Waals surface area (Å²) in [5.74, 6) is -0.882. The Morgan fingerprint density at radius 1 is 1.39 bits per heavy atom. The fourth-order valence-electron chi connectivity index (χ4n) is 1.84. The maximum absolute atomic E-state index is 10.9. The first-order valence-electron chi connectivity index (χ1n) is 5.55. The maximum Gasteiger partial charge on any atom is 1.00 e. The second-order valence-electron chi connectivity index (χ2n) is 4.39. The van der Waals surface area contributed by atoms with Crippen molar-refractivity contribution in [3.63, 3.8) is 0 Å². The third-order valence-corrected chi connectivity index (χ3v) is 2.81. The summed E-state index contributed by atoms with van der Waals surface area (Å²) < 4.78 is 2.14. The third-order valence-electron chi connectivity index (χ3n) is 2.81. The van der Waals surface area contributed by atoms with E-state index in [1.165, 1.54) is 0 Å². The molecule has 0 atom stereocenters. The molecule has 18 heavy (non-hydrogen) atoms. The van der Waals surface area contributed by atoms with E-state index in [2.05, 4.69) is 9.47 Å². The van der Waals surface area contributed by atoms with Gasteiger partial charge in [0, 0.05) is 30.2 Å². The van der Waals surface area contributed by atoms with Crippen LogP contribution in [0.25, 0.3) is 10.9 Å². The fourth-order valence-corrected chi connectivity index (χ4v) is 1.84. The summed E-state index contributed by atoms with van der Waals surface area (Å²) in [6.07, 6.45) is 2.00. The zero-order valence-corrected chi connectivity index (χ0v) is 11.1. The number of carboxylic acids is 1. The molecule has 1 aromatic carbocycles. The minimum atomic E-state index is -0.882. The zero-order valence-electron chi connectivity index (χ0n) is 12.1. The largest absolute Gasteiger partial charge is 1.00 e. The summed E-state index contributed by atoms with van der Waals surface area (Å²) in [4.78, 5) is 13.0. The first-order chi connectivity index (χ1) is 8.08. The predicted molar refractivity (Wildman–Crippen MR) is 68.6 cm³/mol. The van der Waals surface area contributed by atoms with Crippen LogP contribution in [-0.2, 0) is 6.54 Å². The fraction of sp³-hybridized carbons (Fsp3) is 0.308. The molecule has 0 unspecified atom stereocenters. The average Bonchev–Trinajstić information content (AvgIpc) is 2.68. The number of benzene rings is 1. The van der Waals surface area contributed by atoms with Gasteiger partial charge < -0.3 is 16.0 Å². The molecule has 0 aliphatic heterocycles. The van der Waals surface area contributed by atoms with Crippen LogP contribution in [0, 0.1) is 0 Å². The molecule has 2 aromatic rings. The van der Waals surface area contributed by atoms with Crippen molar-refractivity contribution in [3.8, 4) is 0 Å². The predicted octanol–water partition coefficient (Wildman–Crippen LogP) is -0.982. The number of hydrogen-bond donors (Lipinski definition) is 1. The van der Waals surface area contributed by atoms with E-state index in [0.717, 1.165) is 24.0 Å². The van der Waals surface area contributed by atoms with Crippen molar-refractivity contribution in [1.29, 1.82) is 0 Å². The second-order valence-corrected chi connectivity index (χ2v) is 4.39. The Morgan fingerprint density at radius 2 is 2.11 bits per heavy atom. The van der Waals surface area contributed by atoms with Crippen LogP contribution in [0.2, 0.25) is 0 Å². The van der Waals surface area contributed by atoms with E-state index in [9.17, 15) is 4.79 Å². The molecule has 1 aromatic heterocycles. The van der Waals surface area contributed by atoms with Crippen LogP contribution in [-0.4, -0.2) is 41.2 Å². The van der Waals surface area contributed by atoms with Gasteiger partial charge in [0.25, 0.3) is 0 Å². The monoisotopic (exact) mass is 240 g/mol. The number of aromatic carboxylic acids is 1. The Hall–Kier alpha value is -1.21. The number of aromatic nitrogens is 1. The standard InChI is InChI=1S/C13H16N2O2.Li.H/c1-14(2)7-8-15-6-5-10-9-11(13(16)17)3-4-12(10)15;;/h3-6,9H,7-8H2,1-2H3,(H,16,17);;/q;+1;-1. The Kier molecular flexibility index (Phi) is 5.03. The molecule has 0 spiro atoms. The van der Waals surface area contributed by atoms with E-state index in [1.54, 1.807) is 12.1 Å². The number of rotatable bonds is 4. The van der Waals surface area contributed by atoms with Gasteiger partial charge in [-0.25, -0.2) is 4.79 Å². The van der Waals surface area contributed by atoms with Gasteiger partial charge in [-0.2, -0.15) is 0 Å². The Morgan fingerprint density at radius 3 is 2.72 bits per heavy atom. The molecular formula is C13H17LiN2O2. The van der Waals surface area contributed by atoms with Gasteiger partial charge in [-0.05, 0) is 38.4 Å². The van der Waals surface area contributed by atoms with Gasteiger partial charge in [0.15, 0.2) is 0 Å². The third kappa shape index (κ3) is 3.17. The van der Waals surface area contributed by atoms with Crippen LogP contribution in [0.15, 0.2) is 30.5 Å². The summed E-state index contributed by atoms with van der Waals surface area (Å²) in [6, 6.07) is 7.19. The van der Waals surface area contributed by atoms with Crippen molar-refractivity contribution in [1.82, 2.24) is 9.47 Å². The van der Waals surface area contributed by atoms with Crippen molar-refractivity contribution in [2.45, 2.75) is 6.54 Å². The van der Waals surface area contributed by atoms with Crippen molar-refractivity contribution < 1.29 is 30.2 Å². The molecule has 0 bridgehead atoms. The number of nitrogens with zero attached hydrogens (tertiary/aromatic N) is 2. The van der Waals surface area contributed by atoms with Crippen molar-refractivity contribution in [2.75, 3.05) is 20.6 Å². The van der Waals surface area contributed by atoms with Gasteiger partial charge in [-0.15, -0.1) is 0 Å². The van der Waals surface area contributed by atoms with Crippen LogP contribution >= 0.6 is 0 Å². The SMILES string of the molecule is CN(C)CCn1ccc2cc(C(=O)O)ccc21.[H-].[Li+]. The van der Waals surface area contributed by atoms with Gasteiger partial charge in [0.1, 0.15) is 0 Å². The molecule has 0 amide bonds. The molecule has 0 fully saturated rings. The number of hydrogen-bond acceptors (Lipinski definition) is 2. The molecule has 1 N–H and O–H groups in total. The second kappa shape index (κ2) is 6.10. The molecule has 0 aliphatic carbocycles. The van der Waals surface area contributed by atoms with E-state index >= 15 is 0 Å².